The highest BCUT2D eigenvalue weighted by molar-refractivity contribution is 6.12. The van der Waals surface area contributed by atoms with E-state index >= 15 is 0 Å². The number of hydrazone groups is 1. The first kappa shape index (κ1) is 20.8. The molecule has 0 unspecified atom stereocenters. The summed E-state index contributed by atoms with van der Waals surface area (Å²) < 4.78 is 4.66. The van der Waals surface area contributed by atoms with Gasteiger partial charge in [-0.1, -0.05) is 43.5 Å². The van der Waals surface area contributed by atoms with Crippen LogP contribution < -0.4 is 11.6 Å². The highest BCUT2D eigenvalue weighted by atomic mass is 16.4. The maximum absolute atomic E-state index is 11.8. The van der Waals surface area contributed by atoms with Gasteiger partial charge in [0.1, 0.15) is 0 Å². The Morgan fingerprint density at radius 1 is 1.03 bits per heavy atom. The Labute approximate surface area is 197 Å². The van der Waals surface area contributed by atoms with E-state index in [0.29, 0.717) is 17.3 Å². The molecule has 7 heteroatoms. The third-order valence-electron chi connectivity index (χ3n) is 7.71. The second-order valence-corrected chi connectivity index (χ2v) is 9.59. The Morgan fingerprint density at radius 2 is 1.85 bits per heavy atom. The molecule has 0 radical (unpaired) electrons. The Kier molecular flexibility index (Phi) is 4.86. The monoisotopic (exact) mass is 455 g/mol. The van der Waals surface area contributed by atoms with E-state index in [2.05, 4.69) is 38.6 Å². The van der Waals surface area contributed by atoms with Crippen molar-refractivity contribution in [1.29, 1.82) is 0 Å². The summed E-state index contributed by atoms with van der Waals surface area (Å²) in [4.78, 5) is 11.8. The number of hydrogen-bond donors (Lipinski definition) is 3. The van der Waals surface area contributed by atoms with Crippen LogP contribution in [0.3, 0.4) is 0 Å². The summed E-state index contributed by atoms with van der Waals surface area (Å²) in [5, 5.41) is 15.7. The van der Waals surface area contributed by atoms with Gasteiger partial charge in [0.05, 0.1) is 16.8 Å². The van der Waals surface area contributed by atoms with Crippen molar-refractivity contribution in [3.8, 4) is 11.3 Å². The third-order valence-corrected chi connectivity index (χ3v) is 7.71. The highest BCUT2D eigenvalue weighted by Crippen LogP contribution is 2.46. The number of aromatic carboxylic acids is 1. The van der Waals surface area contributed by atoms with Gasteiger partial charge in [-0.15, -0.1) is 0 Å². The molecule has 1 aliphatic heterocycles. The number of nitrogens with two attached hydrogens (primary N) is 2. The van der Waals surface area contributed by atoms with Crippen LogP contribution in [0.25, 0.3) is 33.1 Å². The summed E-state index contributed by atoms with van der Waals surface area (Å²) >= 11 is 0. The van der Waals surface area contributed by atoms with Crippen LogP contribution in [0, 0.1) is 0 Å². The van der Waals surface area contributed by atoms with Gasteiger partial charge in [-0.25, -0.2) is 4.79 Å². The number of carboxylic acid groups (broad SMARTS) is 1. The molecule has 3 heterocycles. The van der Waals surface area contributed by atoms with Crippen LogP contribution in [0.15, 0.2) is 47.7 Å². The minimum atomic E-state index is -0.889. The average Bonchev–Trinajstić information content (AvgIpc) is 3.38. The summed E-state index contributed by atoms with van der Waals surface area (Å²) in [7, 11) is 0. The lowest BCUT2D eigenvalue weighted by Crippen LogP contribution is -2.15. The lowest BCUT2D eigenvalue weighted by atomic mass is 9.81. The average molecular weight is 456 g/mol. The lowest BCUT2D eigenvalue weighted by Gasteiger charge is -2.25. The van der Waals surface area contributed by atoms with Crippen molar-refractivity contribution >= 4 is 33.6 Å². The Bertz CT molecular complexity index is 1470. The van der Waals surface area contributed by atoms with Crippen molar-refractivity contribution in [2.24, 2.45) is 16.7 Å². The van der Waals surface area contributed by atoms with Crippen molar-refractivity contribution < 1.29 is 9.90 Å². The van der Waals surface area contributed by atoms with Crippen LogP contribution >= 0.6 is 0 Å². The molecule has 0 atom stereocenters. The summed E-state index contributed by atoms with van der Waals surface area (Å²) in [6.45, 7) is 1.66. The Balaban J connectivity index is 1.72. The predicted octanol–water partition coefficient (Wildman–Crippen LogP) is 4.99. The van der Waals surface area contributed by atoms with E-state index in [1.165, 1.54) is 54.3 Å². The molecule has 4 aromatic rings. The van der Waals surface area contributed by atoms with Gasteiger partial charge < -0.3 is 25.8 Å². The fraction of sp³-hybridized carbons (Fsp3) is 0.333. The van der Waals surface area contributed by atoms with Gasteiger partial charge in [-0.3, -0.25) is 0 Å². The summed E-state index contributed by atoms with van der Waals surface area (Å²) in [5.74, 6) is 5.46. The SMILES string of the molecule is N/N=C(\N)c1cn2c3c(cccc13)-c1c(C3CCCCC3)c3ccc(C(=O)O)cc3n1CCC2. The number of rotatable bonds is 3. The normalized spacial score (nSPS) is 17.0. The van der Waals surface area contributed by atoms with Crippen LogP contribution in [0.4, 0.5) is 0 Å². The molecular formula is C27H29N5O2. The van der Waals surface area contributed by atoms with Gasteiger partial charge in [0.2, 0.25) is 0 Å². The van der Waals surface area contributed by atoms with E-state index in [0.717, 1.165) is 41.5 Å². The van der Waals surface area contributed by atoms with Gasteiger partial charge in [0, 0.05) is 46.7 Å². The fourth-order valence-electron chi connectivity index (χ4n) is 6.24. The van der Waals surface area contributed by atoms with Crippen molar-refractivity contribution in [1.82, 2.24) is 9.13 Å². The van der Waals surface area contributed by atoms with Gasteiger partial charge in [0.25, 0.3) is 0 Å². The molecule has 6 rings (SSSR count). The first-order chi connectivity index (χ1) is 16.6. The van der Waals surface area contributed by atoms with E-state index in [4.69, 9.17) is 11.6 Å². The smallest absolute Gasteiger partial charge is 0.335 e. The molecule has 2 aromatic carbocycles. The molecule has 0 bridgehead atoms. The standard InChI is InChI=1S/C27H29N5O2/c28-26(30-29)21-15-31-12-5-13-32-22-14-17(27(33)34)10-11-19(22)23(16-6-2-1-3-7-16)25(32)20-9-4-8-18(21)24(20)31/h4,8-11,14-16H,1-3,5-7,12-13,29H2,(H2,28,30)(H,33,34). The minimum Gasteiger partial charge on any atom is -0.478 e. The maximum atomic E-state index is 11.8. The number of carboxylic acids is 1. The number of amidine groups is 1. The third kappa shape index (κ3) is 3.03. The molecule has 1 saturated carbocycles. The van der Waals surface area contributed by atoms with E-state index < -0.39 is 5.97 Å². The number of hydrogen-bond acceptors (Lipinski definition) is 3. The zero-order chi connectivity index (χ0) is 23.4. The number of nitrogens with zero attached hydrogens (tertiary/aromatic N) is 3. The molecule has 34 heavy (non-hydrogen) atoms. The molecular weight excluding hydrogens is 426 g/mol. The number of para-hydroxylation sites is 1. The quantitative estimate of drug-likeness (QED) is 0.175. The Hall–Kier alpha value is -3.74. The van der Waals surface area contributed by atoms with Crippen molar-refractivity contribution in [2.45, 2.75) is 57.5 Å². The molecule has 1 aliphatic carbocycles. The number of aromatic nitrogens is 2. The molecule has 0 amide bonds. The molecule has 174 valence electrons. The van der Waals surface area contributed by atoms with Crippen molar-refractivity contribution in [3.05, 3.63) is 59.3 Å². The van der Waals surface area contributed by atoms with Crippen molar-refractivity contribution in [2.75, 3.05) is 0 Å². The molecule has 7 nitrogen and oxygen atoms in total. The summed E-state index contributed by atoms with van der Waals surface area (Å²) in [5.41, 5.74) is 13.3. The summed E-state index contributed by atoms with van der Waals surface area (Å²) in [6, 6.07) is 12.0. The Morgan fingerprint density at radius 3 is 2.62 bits per heavy atom. The molecule has 2 aliphatic rings. The van der Waals surface area contributed by atoms with Crippen LogP contribution in [-0.4, -0.2) is 26.0 Å². The largest absolute Gasteiger partial charge is 0.478 e. The lowest BCUT2D eigenvalue weighted by molar-refractivity contribution is 0.0697. The van der Waals surface area contributed by atoms with E-state index in [1.807, 2.05) is 12.1 Å². The van der Waals surface area contributed by atoms with Crippen LogP contribution in [0.5, 0.6) is 0 Å². The first-order valence-electron chi connectivity index (χ1n) is 12.1. The fourth-order valence-corrected chi connectivity index (χ4v) is 6.24. The van der Waals surface area contributed by atoms with E-state index in [1.54, 1.807) is 6.07 Å². The number of aryl methyl sites for hydroxylation is 2. The molecule has 2 aromatic heterocycles. The van der Waals surface area contributed by atoms with Crippen LogP contribution in [0.2, 0.25) is 0 Å². The number of fused-ring (bicyclic) bond motifs is 4. The van der Waals surface area contributed by atoms with E-state index in [9.17, 15) is 9.90 Å². The van der Waals surface area contributed by atoms with Crippen LogP contribution in [-0.2, 0) is 13.1 Å². The van der Waals surface area contributed by atoms with Gasteiger partial charge in [0.15, 0.2) is 5.84 Å². The number of benzene rings is 2. The van der Waals surface area contributed by atoms with Crippen LogP contribution in [0.1, 0.15) is 65.9 Å². The molecule has 0 saturated heterocycles. The topological polar surface area (TPSA) is 112 Å². The maximum Gasteiger partial charge on any atom is 0.335 e. The highest BCUT2D eigenvalue weighted by Gasteiger charge is 2.29. The van der Waals surface area contributed by atoms with Gasteiger partial charge >= 0.3 is 5.97 Å². The summed E-state index contributed by atoms with van der Waals surface area (Å²) in [6.07, 6.45) is 9.09. The molecule has 5 N–H and O–H groups in total. The van der Waals surface area contributed by atoms with Crippen molar-refractivity contribution in [3.63, 3.8) is 0 Å². The molecule has 0 spiro atoms. The zero-order valence-electron chi connectivity index (χ0n) is 19.1. The second kappa shape index (κ2) is 7.94. The minimum absolute atomic E-state index is 0.333. The zero-order valence-corrected chi connectivity index (χ0v) is 19.1. The van der Waals surface area contributed by atoms with Gasteiger partial charge in [-0.05, 0) is 42.9 Å². The second-order valence-electron chi connectivity index (χ2n) is 9.59. The number of carbonyl (C=O) groups is 1. The molecule has 1 fully saturated rings. The first-order valence-corrected chi connectivity index (χ1v) is 12.1. The van der Waals surface area contributed by atoms with Gasteiger partial charge in [-0.2, -0.15) is 5.10 Å². The predicted molar refractivity (Wildman–Crippen MR) is 135 cm³/mol. The van der Waals surface area contributed by atoms with E-state index in [-0.39, 0.29) is 0 Å².